The lowest BCUT2D eigenvalue weighted by Gasteiger charge is -2.29. The Morgan fingerprint density at radius 2 is 2.24 bits per heavy atom. The molecule has 0 radical (unpaired) electrons. The minimum absolute atomic E-state index is 0.0829. The fourth-order valence-corrected chi connectivity index (χ4v) is 4.26. The predicted octanol–water partition coefficient (Wildman–Crippen LogP) is 4.55. The van der Waals surface area contributed by atoms with Crippen LogP contribution in [0.2, 0.25) is 5.02 Å². The van der Waals surface area contributed by atoms with E-state index in [-0.39, 0.29) is 5.91 Å². The highest BCUT2D eigenvalue weighted by molar-refractivity contribution is 7.12. The van der Waals surface area contributed by atoms with E-state index in [9.17, 15) is 4.79 Å². The van der Waals surface area contributed by atoms with Crippen molar-refractivity contribution in [2.75, 3.05) is 11.4 Å². The molecule has 0 spiro atoms. The van der Waals surface area contributed by atoms with Gasteiger partial charge in [-0.15, -0.1) is 11.3 Å². The molecule has 0 N–H and O–H groups in total. The van der Waals surface area contributed by atoms with Crippen molar-refractivity contribution in [3.05, 3.63) is 68.6 Å². The number of anilines is 1. The Hall–Kier alpha value is -2.11. The van der Waals surface area contributed by atoms with Crippen molar-refractivity contribution in [1.82, 2.24) is 9.78 Å². The zero-order chi connectivity index (χ0) is 17.4. The van der Waals surface area contributed by atoms with Gasteiger partial charge in [-0.1, -0.05) is 29.3 Å². The maximum atomic E-state index is 13.0. The van der Waals surface area contributed by atoms with Crippen LogP contribution in [-0.4, -0.2) is 22.2 Å². The first kappa shape index (κ1) is 16.4. The number of fused-ring (bicyclic) bond motifs is 1. The molecule has 128 valence electrons. The summed E-state index contributed by atoms with van der Waals surface area (Å²) in [5.74, 6) is 0.0829. The van der Waals surface area contributed by atoms with E-state index in [1.165, 1.54) is 22.5 Å². The van der Waals surface area contributed by atoms with Crippen LogP contribution < -0.4 is 4.90 Å². The van der Waals surface area contributed by atoms with E-state index >= 15 is 0 Å². The molecule has 1 amide bonds. The Morgan fingerprint density at radius 1 is 1.36 bits per heavy atom. The summed E-state index contributed by atoms with van der Waals surface area (Å²) in [6.07, 6.45) is 5.44. The van der Waals surface area contributed by atoms with E-state index < -0.39 is 0 Å². The molecule has 1 aromatic carbocycles. The Balaban J connectivity index is 1.56. The number of hydrogen-bond acceptors (Lipinski definition) is 3. The minimum Gasteiger partial charge on any atom is -0.307 e. The maximum absolute atomic E-state index is 13.0. The van der Waals surface area contributed by atoms with E-state index in [2.05, 4.69) is 30.2 Å². The van der Waals surface area contributed by atoms with Crippen molar-refractivity contribution in [3.63, 3.8) is 0 Å². The number of aromatic nitrogens is 2. The van der Waals surface area contributed by atoms with Crippen molar-refractivity contribution < 1.29 is 4.79 Å². The summed E-state index contributed by atoms with van der Waals surface area (Å²) in [7, 11) is 0. The molecule has 25 heavy (non-hydrogen) atoms. The van der Waals surface area contributed by atoms with Crippen LogP contribution in [0.4, 0.5) is 5.69 Å². The average molecular weight is 372 g/mol. The van der Waals surface area contributed by atoms with E-state index in [1.807, 2.05) is 16.3 Å². The highest BCUT2D eigenvalue weighted by atomic mass is 35.5. The van der Waals surface area contributed by atoms with E-state index in [0.29, 0.717) is 11.6 Å². The molecule has 0 saturated heterocycles. The molecule has 2 aromatic heterocycles. The van der Waals surface area contributed by atoms with Crippen LogP contribution in [-0.2, 0) is 13.0 Å². The molecule has 3 aromatic rings. The number of nitrogens with zero attached hydrogens (tertiary/aromatic N) is 3. The van der Waals surface area contributed by atoms with Gasteiger partial charge >= 0.3 is 0 Å². The summed E-state index contributed by atoms with van der Waals surface area (Å²) in [6.45, 7) is 3.48. The lowest BCUT2D eigenvalue weighted by Crippen LogP contribution is -2.35. The van der Waals surface area contributed by atoms with Crippen molar-refractivity contribution >= 4 is 34.5 Å². The molecule has 4 rings (SSSR count). The fraction of sp³-hybridized carbons (Fsp3) is 0.263. The number of carbonyl (C=O) groups is 1. The summed E-state index contributed by atoms with van der Waals surface area (Å²) in [5, 5.41) is 6.82. The standard InChI is InChI=1S/C19H18ClN3OS/c1-13-4-5-17-15(7-13)3-2-6-23(17)19(24)18-8-14(12-25-18)10-22-11-16(20)9-21-22/h4-5,7-9,11-12H,2-3,6,10H2,1H3. The Morgan fingerprint density at radius 3 is 3.04 bits per heavy atom. The van der Waals surface area contributed by atoms with Crippen molar-refractivity contribution in [2.24, 2.45) is 0 Å². The number of aryl methyl sites for hydroxylation is 2. The summed E-state index contributed by atoms with van der Waals surface area (Å²) < 4.78 is 1.78. The maximum Gasteiger partial charge on any atom is 0.268 e. The van der Waals surface area contributed by atoms with Gasteiger partial charge in [0.15, 0.2) is 0 Å². The van der Waals surface area contributed by atoms with Crippen LogP contribution in [0.1, 0.15) is 32.8 Å². The van der Waals surface area contributed by atoms with E-state index in [1.54, 1.807) is 17.1 Å². The third-order valence-corrected chi connectivity index (χ3v) is 5.57. The predicted molar refractivity (Wildman–Crippen MR) is 102 cm³/mol. The van der Waals surface area contributed by atoms with Gasteiger partial charge in [0.05, 0.1) is 22.6 Å². The zero-order valence-electron chi connectivity index (χ0n) is 13.9. The second kappa shape index (κ2) is 6.65. The lowest BCUT2D eigenvalue weighted by molar-refractivity contribution is 0.0989. The molecule has 6 heteroatoms. The molecule has 0 saturated carbocycles. The number of benzene rings is 1. The van der Waals surface area contributed by atoms with Crippen LogP contribution >= 0.6 is 22.9 Å². The average Bonchev–Trinajstić information content (AvgIpc) is 3.23. The van der Waals surface area contributed by atoms with E-state index in [0.717, 1.165) is 35.5 Å². The van der Waals surface area contributed by atoms with Gasteiger partial charge in [-0.25, -0.2) is 0 Å². The Labute approximate surface area is 155 Å². The molecule has 0 aliphatic carbocycles. The first-order chi connectivity index (χ1) is 12.1. The normalized spacial score (nSPS) is 13.8. The molecule has 0 unspecified atom stereocenters. The lowest BCUT2D eigenvalue weighted by atomic mass is 9.99. The van der Waals surface area contributed by atoms with Crippen LogP contribution in [0.25, 0.3) is 0 Å². The van der Waals surface area contributed by atoms with Gasteiger partial charge in [-0.05, 0) is 48.4 Å². The third-order valence-electron chi connectivity index (χ3n) is 4.41. The summed E-state index contributed by atoms with van der Waals surface area (Å²) in [4.78, 5) is 15.7. The smallest absolute Gasteiger partial charge is 0.268 e. The number of hydrogen-bond donors (Lipinski definition) is 0. The van der Waals surface area contributed by atoms with Crippen LogP contribution in [0, 0.1) is 6.92 Å². The largest absolute Gasteiger partial charge is 0.307 e. The minimum atomic E-state index is 0.0829. The first-order valence-corrected chi connectivity index (χ1v) is 9.53. The number of carbonyl (C=O) groups excluding carboxylic acids is 1. The second-order valence-electron chi connectivity index (χ2n) is 6.37. The van der Waals surface area contributed by atoms with Gasteiger partial charge in [0.1, 0.15) is 0 Å². The van der Waals surface area contributed by atoms with Gasteiger partial charge in [0.25, 0.3) is 5.91 Å². The topological polar surface area (TPSA) is 38.1 Å². The highest BCUT2D eigenvalue weighted by Gasteiger charge is 2.24. The number of halogens is 1. The highest BCUT2D eigenvalue weighted by Crippen LogP contribution is 2.30. The molecule has 3 heterocycles. The molecule has 1 aliphatic heterocycles. The number of thiophene rings is 1. The van der Waals surface area contributed by atoms with Crippen molar-refractivity contribution in [3.8, 4) is 0 Å². The van der Waals surface area contributed by atoms with Gasteiger partial charge < -0.3 is 4.90 Å². The Bertz CT molecular complexity index is 930. The van der Waals surface area contributed by atoms with Crippen LogP contribution in [0.15, 0.2) is 42.0 Å². The van der Waals surface area contributed by atoms with Crippen LogP contribution in [0.5, 0.6) is 0 Å². The quantitative estimate of drug-likeness (QED) is 0.677. The Kier molecular flexibility index (Phi) is 4.36. The van der Waals surface area contributed by atoms with Crippen LogP contribution in [0.3, 0.4) is 0 Å². The van der Waals surface area contributed by atoms with Gasteiger partial charge in [-0.3, -0.25) is 9.48 Å². The molecular weight excluding hydrogens is 354 g/mol. The molecule has 0 atom stereocenters. The monoisotopic (exact) mass is 371 g/mol. The number of amides is 1. The number of rotatable bonds is 3. The molecular formula is C19H18ClN3OS. The summed E-state index contributed by atoms with van der Waals surface area (Å²) >= 11 is 7.39. The third kappa shape index (κ3) is 3.34. The fourth-order valence-electron chi connectivity index (χ4n) is 3.25. The summed E-state index contributed by atoms with van der Waals surface area (Å²) in [5.41, 5.74) is 4.62. The van der Waals surface area contributed by atoms with Crippen molar-refractivity contribution in [2.45, 2.75) is 26.3 Å². The van der Waals surface area contributed by atoms with Gasteiger partial charge in [-0.2, -0.15) is 5.10 Å². The molecule has 0 fully saturated rings. The second-order valence-corrected chi connectivity index (χ2v) is 7.72. The molecule has 0 bridgehead atoms. The first-order valence-electron chi connectivity index (χ1n) is 8.27. The van der Waals surface area contributed by atoms with Crippen molar-refractivity contribution in [1.29, 1.82) is 0 Å². The van der Waals surface area contributed by atoms with E-state index in [4.69, 9.17) is 11.6 Å². The van der Waals surface area contributed by atoms with Gasteiger partial charge in [0.2, 0.25) is 0 Å². The SMILES string of the molecule is Cc1ccc2c(c1)CCCN2C(=O)c1cc(Cn2cc(Cl)cn2)cs1. The molecule has 1 aliphatic rings. The zero-order valence-corrected chi connectivity index (χ0v) is 15.5. The molecule has 4 nitrogen and oxygen atoms in total. The summed E-state index contributed by atoms with van der Waals surface area (Å²) in [6, 6.07) is 8.30. The van der Waals surface area contributed by atoms with Gasteiger partial charge in [0, 0.05) is 18.4 Å².